The van der Waals surface area contributed by atoms with Gasteiger partial charge in [0.05, 0.1) is 6.42 Å². The number of nitrogens with one attached hydrogen (secondary N) is 1. The Balaban J connectivity index is 2.79. The molecule has 0 saturated carbocycles. The molecule has 1 rings (SSSR count). The number of aryl methyl sites for hydroxylation is 3. The predicted octanol–water partition coefficient (Wildman–Crippen LogP) is 2.95. The van der Waals surface area contributed by atoms with Crippen LogP contribution in [0.3, 0.4) is 0 Å². The van der Waals surface area contributed by atoms with Gasteiger partial charge < -0.3 is 10.4 Å². The number of hydrogen-bond acceptors (Lipinski definition) is 2. The Morgan fingerprint density at radius 3 is 2.21 bits per heavy atom. The smallest absolute Gasteiger partial charge is 0.304 e. The molecule has 0 amide bonds. The zero-order valence-electron chi connectivity index (χ0n) is 12.6. The molecule has 2 N–H and O–H groups in total. The topological polar surface area (TPSA) is 49.3 Å². The molecule has 19 heavy (non-hydrogen) atoms. The first kappa shape index (κ1) is 15.7. The van der Waals surface area contributed by atoms with Crippen LogP contribution in [0.4, 0.5) is 0 Å². The van der Waals surface area contributed by atoms with Crippen molar-refractivity contribution in [3.63, 3.8) is 0 Å². The van der Waals surface area contributed by atoms with Crippen LogP contribution in [0.2, 0.25) is 0 Å². The zero-order chi connectivity index (χ0) is 14.6. The van der Waals surface area contributed by atoms with Crippen LogP contribution >= 0.6 is 0 Å². The van der Waals surface area contributed by atoms with Gasteiger partial charge in [0, 0.05) is 18.5 Å². The molecule has 0 heterocycles. The highest BCUT2D eigenvalue weighted by Gasteiger charge is 2.24. The molecule has 0 spiro atoms. The summed E-state index contributed by atoms with van der Waals surface area (Å²) in [6, 6.07) is 4.42. The lowest BCUT2D eigenvalue weighted by atomic mass is 9.79. The Kier molecular flexibility index (Phi) is 5.12. The van der Waals surface area contributed by atoms with E-state index >= 15 is 0 Å². The van der Waals surface area contributed by atoms with E-state index in [4.69, 9.17) is 5.11 Å². The summed E-state index contributed by atoms with van der Waals surface area (Å²) in [4.78, 5) is 10.5. The van der Waals surface area contributed by atoms with Gasteiger partial charge >= 0.3 is 5.97 Å². The molecule has 0 radical (unpaired) electrons. The summed E-state index contributed by atoms with van der Waals surface area (Å²) >= 11 is 0. The highest BCUT2D eigenvalue weighted by molar-refractivity contribution is 5.66. The van der Waals surface area contributed by atoms with Crippen molar-refractivity contribution in [1.29, 1.82) is 0 Å². The van der Waals surface area contributed by atoms with E-state index in [0.717, 1.165) is 6.54 Å². The first-order chi connectivity index (χ1) is 8.74. The third kappa shape index (κ3) is 4.35. The fraction of sp³-hybridized carbons (Fsp3) is 0.562. The van der Waals surface area contributed by atoms with Gasteiger partial charge in [0.2, 0.25) is 0 Å². The Labute approximate surface area is 116 Å². The SMILES string of the molecule is Cc1cc(C)c(C(C)(C)CNCCC(=O)O)c(C)c1. The summed E-state index contributed by atoms with van der Waals surface area (Å²) in [5.41, 5.74) is 5.26. The quantitative estimate of drug-likeness (QED) is 0.776. The molecule has 106 valence electrons. The molecule has 3 nitrogen and oxygen atoms in total. The number of carboxylic acids is 1. The van der Waals surface area contributed by atoms with Crippen molar-refractivity contribution in [2.45, 2.75) is 46.5 Å². The third-order valence-corrected chi connectivity index (χ3v) is 3.44. The van der Waals surface area contributed by atoms with Gasteiger partial charge in [0.25, 0.3) is 0 Å². The maximum Gasteiger partial charge on any atom is 0.304 e. The highest BCUT2D eigenvalue weighted by Crippen LogP contribution is 2.29. The standard InChI is InChI=1S/C16H25NO2/c1-11-8-12(2)15(13(3)9-11)16(4,5)10-17-7-6-14(18)19/h8-9,17H,6-7,10H2,1-5H3,(H,18,19). The first-order valence-corrected chi connectivity index (χ1v) is 6.75. The number of hydrogen-bond donors (Lipinski definition) is 2. The summed E-state index contributed by atoms with van der Waals surface area (Å²) < 4.78 is 0. The van der Waals surface area contributed by atoms with Crippen LogP contribution in [0.15, 0.2) is 12.1 Å². The average Bonchev–Trinajstić information content (AvgIpc) is 2.22. The minimum atomic E-state index is -0.756. The molecular weight excluding hydrogens is 238 g/mol. The van der Waals surface area contributed by atoms with E-state index in [9.17, 15) is 4.79 Å². The molecule has 0 aliphatic rings. The second-order valence-electron chi connectivity index (χ2n) is 5.98. The summed E-state index contributed by atoms with van der Waals surface area (Å²) in [5.74, 6) is -0.756. The van der Waals surface area contributed by atoms with Crippen LogP contribution in [0.5, 0.6) is 0 Å². The molecule has 0 unspecified atom stereocenters. The van der Waals surface area contributed by atoms with Gasteiger partial charge in [-0.15, -0.1) is 0 Å². The third-order valence-electron chi connectivity index (χ3n) is 3.44. The van der Waals surface area contributed by atoms with Gasteiger partial charge in [-0.3, -0.25) is 4.79 Å². The maximum atomic E-state index is 10.5. The molecule has 0 fully saturated rings. The largest absolute Gasteiger partial charge is 0.481 e. The number of benzene rings is 1. The zero-order valence-corrected chi connectivity index (χ0v) is 12.6. The van der Waals surface area contributed by atoms with Crippen LogP contribution in [0.25, 0.3) is 0 Å². The van der Waals surface area contributed by atoms with E-state index in [0.29, 0.717) is 6.54 Å². The highest BCUT2D eigenvalue weighted by atomic mass is 16.4. The van der Waals surface area contributed by atoms with Gasteiger partial charge in [0.15, 0.2) is 0 Å². The van der Waals surface area contributed by atoms with Crippen molar-refractivity contribution >= 4 is 5.97 Å². The molecule has 0 atom stereocenters. The van der Waals surface area contributed by atoms with Crippen LogP contribution < -0.4 is 5.32 Å². The van der Waals surface area contributed by atoms with Crippen molar-refractivity contribution in [3.8, 4) is 0 Å². The van der Waals surface area contributed by atoms with E-state index < -0.39 is 5.97 Å². The van der Waals surface area contributed by atoms with Crippen LogP contribution in [-0.2, 0) is 10.2 Å². The Morgan fingerprint density at radius 1 is 1.21 bits per heavy atom. The van der Waals surface area contributed by atoms with Gasteiger partial charge in [-0.2, -0.15) is 0 Å². The molecule has 0 aliphatic carbocycles. The molecule has 1 aromatic rings. The van der Waals surface area contributed by atoms with Crippen LogP contribution in [-0.4, -0.2) is 24.2 Å². The fourth-order valence-corrected chi connectivity index (χ4v) is 2.93. The van der Waals surface area contributed by atoms with Crippen molar-refractivity contribution in [2.24, 2.45) is 0 Å². The van der Waals surface area contributed by atoms with E-state index in [1.54, 1.807) is 0 Å². The number of carbonyl (C=O) groups is 1. The number of rotatable bonds is 6. The van der Waals surface area contributed by atoms with Gasteiger partial charge in [-0.25, -0.2) is 0 Å². The number of aliphatic carboxylic acids is 1. The molecule has 0 saturated heterocycles. The second kappa shape index (κ2) is 6.20. The maximum absolute atomic E-state index is 10.5. The summed E-state index contributed by atoms with van der Waals surface area (Å²) in [5, 5.41) is 11.9. The Morgan fingerprint density at radius 2 is 1.74 bits per heavy atom. The monoisotopic (exact) mass is 263 g/mol. The van der Waals surface area contributed by atoms with E-state index in [-0.39, 0.29) is 11.8 Å². The molecular formula is C16H25NO2. The average molecular weight is 263 g/mol. The Hall–Kier alpha value is -1.35. The summed E-state index contributed by atoms with van der Waals surface area (Å²) in [6.45, 7) is 12.1. The summed E-state index contributed by atoms with van der Waals surface area (Å²) in [7, 11) is 0. The molecule has 3 heteroatoms. The minimum Gasteiger partial charge on any atom is -0.481 e. The predicted molar refractivity (Wildman–Crippen MR) is 78.8 cm³/mol. The van der Waals surface area contributed by atoms with Crippen molar-refractivity contribution in [2.75, 3.05) is 13.1 Å². The lowest BCUT2D eigenvalue weighted by Crippen LogP contribution is -2.35. The number of carboxylic acid groups (broad SMARTS) is 1. The summed E-state index contributed by atoms with van der Waals surface area (Å²) in [6.07, 6.45) is 0.169. The lowest BCUT2D eigenvalue weighted by molar-refractivity contribution is -0.136. The minimum absolute atomic E-state index is 0.000367. The molecule has 1 aromatic carbocycles. The Bertz CT molecular complexity index is 441. The molecule has 0 aromatic heterocycles. The second-order valence-corrected chi connectivity index (χ2v) is 5.98. The molecule has 0 bridgehead atoms. The van der Waals surface area contributed by atoms with E-state index in [1.165, 1.54) is 22.3 Å². The first-order valence-electron chi connectivity index (χ1n) is 6.75. The van der Waals surface area contributed by atoms with E-state index in [1.807, 2.05) is 0 Å². The van der Waals surface area contributed by atoms with Crippen molar-refractivity contribution < 1.29 is 9.90 Å². The normalized spacial score (nSPS) is 11.6. The van der Waals surface area contributed by atoms with Crippen LogP contribution in [0.1, 0.15) is 42.5 Å². The van der Waals surface area contributed by atoms with Crippen molar-refractivity contribution in [1.82, 2.24) is 5.32 Å². The fourth-order valence-electron chi connectivity index (χ4n) is 2.93. The van der Waals surface area contributed by atoms with Gasteiger partial charge in [-0.1, -0.05) is 31.5 Å². The lowest BCUT2D eigenvalue weighted by Gasteiger charge is -2.30. The van der Waals surface area contributed by atoms with Crippen molar-refractivity contribution in [3.05, 3.63) is 34.4 Å². The van der Waals surface area contributed by atoms with E-state index in [2.05, 4.69) is 52.1 Å². The van der Waals surface area contributed by atoms with Gasteiger partial charge in [-0.05, 0) is 37.5 Å². The van der Waals surface area contributed by atoms with Gasteiger partial charge in [0.1, 0.15) is 0 Å². The molecule has 0 aliphatic heterocycles. The van der Waals surface area contributed by atoms with Crippen LogP contribution in [0, 0.1) is 20.8 Å².